The van der Waals surface area contributed by atoms with Crippen LogP contribution in [0.2, 0.25) is 0 Å². The third-order valence-corrected chi connectivity index (χ3v) is 2.66. The molecule has 18 heavy (non-hydrogen) atoms. The maximum Gasteiger partial charge on any atom is 0.170 e. The Labute approximate surface area is 105 Å². The fourth-order valence-corrected chi connectivity index (χ4v) is 1.71. The van der Waals surface area contributed by atoms with Crippen molar-refractivity contribution in [2.75, 3.05) is 0 Å². The lowest BCUT2D eigenvalue weighted by atomic mass is 10.0. The molecule has 0 spiro atoms. The third kappa shape index (κ3) is 2.88. The Morgan fingerprint density at radius 1 is 1.00 bits per heavy atom. The molecule has 0 aliphatic heterocycles. The minimum Gasteiger partial charge on any atom is -0.294 e. The number of carbonyl (C=O) groups is 2. The summed E-state index contributed by atoms with van der Waals surface area (Å²) in [4.78, 5) is 27.6. The highest BCUT2D eigenvalue weighted by Crippen LogP contribution is 2.10. The molecule has 0 radical (unpaired) electrons. The van der Waals surface area contributed by atoms with Crippen molar-refractivity contribution in [3.8, 4) is 0 Å². The molecule has 0 saturated heterocycles. The molecule has 0 aliphatic carbocycles. The molecule has 90 valence electrons. The fraction of sp³-hybridized carbons (Fsp3) is 0.133. The number of ketones is 2. The molecule has 2 rings (SSSR count). The second-order valence-electron chi connectivity index (χ2n) is 4.13. The number of aromatic nitrogens is 1. The Bertz CT molecular complexity index is 576. The van der Waals surface area contributed by atoms with Gasteiger partial charge in [-0.05, 0) is 25.1 Å². The number of nitrogens with zero attached hydrogens (tertiary/aromatic N) is 1. The summed E-state index contributed by atoms with van der Waals surface area (Å²) < 4.78 is 0. The summed E-state index contributed by atoms with van der Waals surface area (Å²) >= 11 is 0. The zero-order valence-electron chi connectivity index (χ0n) is 10.1. The van der Waals surface area contributed by atoms with Crippen molar-refractivity contribution >= 4 is 11.6 Å². The van der Waals surface area contributed by atoms with Gasteiger partial charge in [0.05, 0.1) is 6.42 Å². The molecule has 0 unspecified atom stereocenters. The number of aryl methyl sites for hydroxylation is 1. The number of Topliss-reactive ketones (excluding diaryl/α,β-unsaturated/α-hetero) is 2. The molecule has 0 N–H and O–H groups in total. The van der Waals surface area contributed by atoms with Crippen LogP contribution in [0.25, 0.3) is 0 Å². The average molecular weight is 239 g/mol. The first kappa shape index (κ1) is 12.2. The van der Waals surface area contributed by atoms with E-state index in [1.54, 1.807) is 36.7 Å². The minimum absolute atomic E-state index is 0.104. The number of hydrogen-bond donors (Lipinski definition) is 0. The van der Waals surface area contributed by atoms with Crippen LogP contribution < -0.4 is 0 Å². The Morgan fingerprint density at radius 3 is 2.33 bits per heavy atom. The highest BCUT2D eigenvalue weighted by atomic mass is 16.1. The summed E-state index contributed by atoms with van der Waals surface area (Å²) in [6, 6.07) is 10.5. The van der Waals surface area contributed by atoms with Gasteiger partial charge in [-0.1, -0.05) is 23.8 Å². The quantitative estimate of drug-likeness (QED) is 0.608. The maximum absolute atomic E-state index is 11.9. The number of hydrogen-bond acceptors (Lipinski definition) is 3. The standard InChI is InChI=1S/C15H13NO2/c1-11-3-2-4-13(9-11)15(18)10-14(17)12-5-7-16-8-6-12/h2-9H,10H2,1H3. The van der Waals surface area contributed by atoms with Crippen LogP contribution in [0.1, 0.15) is 32.7 Å². The van der Waals surface area contributed by atoms with E-state index in [1.807, 2.05) is 19.1 Å². The largest absolute Gasteiger partial charge is 0.294 e. The lowest BCUT2D eigenvalue weighted by Crippen LogP contribution is -2.08. The number of benzene rings is 1. The van der Waals surface area contributed by atoms with Crippen LogP contribution >= 0.6 is 0 Å². The van der Waals surface area contributed by atoms with Gasteiger partial charge in [-0.2, -0.15) is 0 Å². The first-order chi connectivity index (χ1) is 8.66. The summed E-state index contributed by atoms with van der Waals surface area (Å²) in [6.45, 7) is 1.92. The normalized spacial score (nSPS) is 10.1. The SMILES string of the molecule is Cc1cccc(C(=O)CC(=O)c2ccncc2)c1. The van der Waals surface area contributed by atoms with Crippen molar-refractivity contribution in [3.05, 3.63) is 65.5 Å². The van der Waals surface area contributed by atoms with E-state index in [9.17, 15) is 9.59 Å². The fourth-order valence-electron chi connectivity index (χ4n) is 1.71. The van der Waals surface area contributed by atoms with Crippen LogP contribution in [0.4, 0.5) is 0 Å². The lowest BCUT2D eigenvalue weighted by molar-refractivity contribution is 0.0894. The zero-order valence-corrected chi connectivity index (χ0v) is 10.1. The van der Waals surface area contributed by atoms with Gasteiger partial charge in [0, 0.05) is 23.5 Å². The van der Waals surface area contributed by atoms with Crippen LogP contribution in [-0.4, -0.2) is 16.6 Å². The topological polar surface area (TPSA) is 47.0 Å². The van der Waals surface area contributed by atoms with Gasteiger partial charge < -0.3 is 0 Å². The Balaban J connectivity index is 2.11. The molecule has 1 heterocycles. The van der Waals surface area contributed by atoms with Gasteiger partial charge >= 0.3 is 0 Å². The molecular formula is C15H13NO2. The van der Waals surface area contributed by atoms with Crippen LogP contribution in [-0.2, 0) is 0 Å². The molecule has 2 aromatic rings. The van der Waals surface area contributed by atoms with Crippen molar-refractivity contribution in [2.45, 2.75) is 13.3 Å². The highest BCUT2D eigenvalue weighted by molar-refractivity contribution is 6.13. The van der Waals surface area contributed by atoms with Crippen molar-refractivity contribution in [2.24, 2.45) is 0 Å². The van der Waals surface area contributed by atoms with Gasteiger partial charge in [-0.3, -0.25) is 14.6 Å². The van der Waals surface area contributed by atoms with E-state index in [1.165, 1.54) is 0 Å². The van der Waals surface area contributed by atoms with E-state index >= 15 is 0 Å². The van der Waals surface area contributed by atoms with Crippen molar-refractivity contribution in [1.82, 2.24) is 4.98 Å². The van der Waals surface area contributed by atoms with Gasteiger partial charge in [0.1, 0.15) is 0 Å². The molecule has 3 nitrogen and oxygen atoms in total. The van der Waals surface area contributed by atoms with E-state index in [-0.39, 0.29) is 18.0 Å². The number of rotatable bonds is 4. The van der Waals surface area contributed by atoms with Gasteiger partial charge in [0.15, 0.2) is 11.6 Å². The van der Waals surface area contributed by atoms with Crippen LogP contribution in [0.5, 0.6) is 0 Å². The zero-order chi connectivity index (χ0) is 13.0. The van der Waals surface area contributed by atoms with Gasteiger partial charge in [0.2, 0.25) is 0 Å². The predicted molar refractivity (Wildman–Crippen MR) is 68.7 cm³/mol. The summed E-state index contributed by atoms with van der Waals surface area (Å²) in [6.07, 6.45) is 2.99. The molecule has 1 aromatic carbocycles. The number of carbonyl (C=O) groups excluding carboxylic acids is 2. The van der Waals surface area contributed by atoms with Gasteiger partial charge in [-0.25, -0.2) is 0 Å². The maximum atomic E-state index is 11.9. The van der Waals surface area contributed by atoms with Crippen LogP contribution in [0, 0.1) is 6.92 Å². The Hall–Kier alpha value is -2.29. The summed E-state index contributed by atoms with van der Waals surface area (Å²) in [7, 11) is 0. The van der Waals surface area contributed by atoms with E-state index in [4.69, 9.17) is 0 Å². The molecule has 0 saturated carbocycles. The molecule has 0 aliphatic rings. The van der Waals surface area contributed by atoms with E-state index in [2.05, 4.69) is 4.98 Å². The Kier molecular flexibility index (Phi) is 3.63. The van der Waals surface area contributed by atoms with E-state index in [0.29, 0.717) is 11.1 Å². The molecule has 0 bridgehead atoms. The second-order valence-corrected chi connectivity index (χ2v) is 4.13. The monoisotopic (exact) mass is 239 g/mol. The third-order valence-electron chi connectivity index (χ3n) is 2.66. The summed E-state index contributed by atoms with van der Waals surface area (Å²) in [5.74, 6) is -0.329. The van der Waals surface area contributed by atoms with E-state index in [0.717, 1.165) is 5.56 Å². The van der Waals surface area contributed by atoms with Crippen molar-refractivity contribution < 1.29 is 9.59 Å². The molecule has 0 amide bonds. The number of pyridine rings is 1. The summed E-state index contributed by atoms with van der Waals surface area (Å²) in [5.41, 5.74) is 2.11. The Morgan fingerprint density at radius 2 is 1.67 bits per heavy atom. The van der Waals surface area contributed by atoms with Crippen LogP contribution in [0.15, 0.2) is 48.8 Å². The average Bonchev–Trinajstić information content (AvgIpc) is 2.39. The van der Waals surface area contributed by atoms with Crippen LogP contribution in [0.3, 0.4) is 0 Å². The van der Waals surface area contributed by atoms with Crippen molar-refractivity contribution in [1.29, 1.82) is 0 Å². The first-order valence-corrected chi connectivity index (χ1v) is 5.70. The molecule has 0 fully saturated rings. The van der Waals surface area contributed by atoms with E-state index < -0.39 is 0 Å². The van der Waals surface area contributed by atoms with Gasteiger partial charge in [-0.15, -0.1) is 0 Å². The molecule has 3 heteroatoms. The minimum atomic E-state index is -0.177. The summed E-state index contributed by atoms with van der Waals surface area (Å²) in [5, 5.41) is 0. The second kappa shape index (κ2) is 5.36. The molecular weight excluding hydrogens is 226 g/mol. The van der Waals surface area contributed by atoms with Gasteiger partial charge in [0.25, 0.3) is 0 Å². The smallest absolute Gasteiger partial charge is 0.170 e. The lowest BCUT2D eigenvalue weighted by Gasteiger charge is -2.02. The first-order valence-electron chi connectivity index (χ1n) is 5.70. The predicted octanol–water partition coefficient (Wildman–Crippen LogP) is 2.85. The molecule has 1 aromatic heterocycles. The molecule has 0 atom stereocenters. The highest BCUT2D eigenvalue weighted by Gasteiger charge is 2.13. The van der Waals surface area contributed by atoms with Crippen molar-refractivity contribution in [3.63, 3.8) is 0 Å².